The van der Waals surface area contributed by atoms with Gasteiger partial charge in [-0.1, -0.05) is 41.5 Å². The minimum atomic E-state index is -1.96. The van der Waals surface area contributed by atoms with Crippen molar-refractivity contribution in [1.82, 2.24) is 10.3 Å². The average molecular weight is 502 g/mol. The zero-order valence-corrected chi connectivity index (χ0v) is 24.4. The zero-order chi connectivity index (χ0) is 24.5. The maximum Gasteiger partial charge on any atom is 0.271 e. The molecule has 1 aliphatic heterocycles. The quantitative estimate of drug-likeness (QED) is 0.486. The summed E-state index contributed by atoms with van der Waals surface area (Å²) in [7, 11) is -3.93. The highest BCUT2D eigenvalue weighted by molar-refractivity contribution is 7.14. The lowest BCUT2D eigenvalue weighted by Gasteiger charge is -2.39. The molecule has 184 valence electrons. The zero-order valence-electron chi connectivity index (χ0n) is 21.5. The van der Waals surface area contributed by atoms with Crippen LogP contribution in [-0.4, -0.2) is 71.1 Å². The summed E-state index contributed by atoms with van der Waals surface area (Å²) in [4.78, 5) is 19.4. The van der Waals surface area contributed by atoms with Gasteiger partial charge in [0.25, 0.3) is 5.91 Å². The SMILES string of the molecule is CC(C)(C)[Si](C)(C)OCC(CO[Si](C)(C)C(C)(C)C)NC(=O)c1csc(N2CC(O)C2)n1. The molecule has 0 saturated carbocycles. The van der Waals surface area contributed by atoms with Gasteiger partial charge in [-0.2, -0.15) is 0 Å². The Bertz CT molecular complexity index is 751. The van der Waals surface area contributed by atoms with Gasteiger partial charge in [0.05, 0.1) is 25.4 Å². The van der Waals surface area contributed by atoms with Crippen molar-refractivity contribution in [2.75, 3.05) is 31.2 Å². The second-order valence-electron chi connectivity index (χ2n) is 11.9. The fraction of sp³-hybridized carbons (Fsp3) is 0.818. The minimum Gasteiger partial charge on any atom is -0.415 e. The number of carbonyl (C=O) groups is 1. The highest BCUT2D eigenvalue weighted by atomic mass is 32.1. The molecular weight excluding hydrogens is 458 g/mol. The topological polar surface area (TPSA) is 83.9 Å². The molecule has 1 aromatic rings. The van der Waals surface area contributed by atoms with Gasteiger partial charge in [-0.3, -0.25) is 4.79 Å². The molecule has 32 heavy (non-hydrogen) atoms. The summed E-state index contributed by atoms with van der Waals surface area (Å²) in [6.45, 7) is 24.1. The van der Waals surface area contributed by atoms with Gasteiger partial charge in [-0.25, -0.2) is 4.98 Å². The molecule has 0 atom stereocenters. The van der Waals surface area contributed by atoms with E-state index in [1.165, 1.54) is 11.3 Å². The Kier molecular flexibility index (Phi) is 8.44. The lowest BCUT2D eigenvalue weighted by atomic mass is 10.2. The number of aliphatic hydroxyl groups excluding tert-OH is 1. The second kappa shape index (κ2) is 9.83. The molecule has 0 radical (unpaired) electrons. The monoisotopic (exact) mass is 501 g/mol. The van der Waals surface area contributed by atoms with Crippen molar-refractivity contribution in [3.63, 3.8) is 0 Å². The number of hydrogen-bond donors (Lipinski definition) is 2. The van der Waals surface area contributed by atoms with Gasteiger partial charge in [0.15, 0.2) is 21.8 Å². The molecule has 1 fully saturated rings. The maximum atomic E-state index is 13.0. The maximum absolute atomic E-state index is 13.0. The highest BCUT2D eigenvalue weighted by Gasteiger charge is 2.40. The van der Waals surface area contributed by atoms with Gasteiger partial charge in [0, 0.05) is 18.5 Å². The average Bonchev–Trinajstić information content (AvgIpc) is 3.09. The first-order chi connectivity index (χ1) is 14.4. The van der Waals surface area contributed by atoms with Gasteiger partial charge >= 0.3 is 0 Å². The molecule has 0 unspecified atom stereocenters. The third-order valence-corrected chi connectivity index (χ3v) is 17.0. The molecule has 2 rings (SSSR count). The number of aromatic nitrogens is 1. The van der Waals surface area contributed by atoms with E-state index in [-0.39, 0.29) is 28.1 Å². The van der Waals surface area contributed by atoms with Crippen molar-refractivity contribution < 1.29 is 18.8 Å². The van der Waals surface area contributed by atoms with Crippen LogP contribution < -0.4 is 10.2 Å². The van der Waals surface area contributed by atoms with E-state index in [4.69, 9.17) is 8.85 Å². The number of nitrogens with one attached hydrogen (secondary N) is 1. The van der Waals surface area contributed by atoms with Crippen molar-refractivity contribution in [2.45, 2.75) is 90.0 Å². The fourth-order valence-corrected chi connectivity index (χ4v) is 5.49. The molecule has 10 heteroatoms. The standard InChI is InChI=1S/C22H43N3O4SSi2/c1-21(2,3)31(7,8)28-13-16(14-29-32(9,10)22(4,5)6)23-19(27)18-15-30-20(24-18)25-11-17(26)12-25/h15-17,26H,11-14H2,1-10H3,(H,23,27). The Balaban J connectivity index is 2.08. The molecule has 1 aliphatic rings. The normalized spacial score (nSPS) is 16.4. The molecule has 0 spiro atoms. The third-order valence-electron chi connectivity index (χ3n) is 7.10. The Morgan fingerprint density at radius 3 is 2.00 bits per heavy atom. The number of rotatable bonds is 9. The van der Waals surface area contributed by atoms with E-state index < -0.39 is 16.6 Å². The summed E-state index contributed by atoms with van der Waals surface area (Å²) in [5, 5.41) is 15.3. The summed E-state index contributed by atoms with van der Waals surface area (Å²) in [6, 6.07) is -0.248. The van der Waals surface area contributed by atoms with Gasteiger partial charge < -0.3 is 24.2 Å². The number of carbonyl (C=O) groups excluding carboxylic acids is 1. The number of nitrogens with zero attached hydrogens (tertiary/aromatic N) is 2. The van der Waals surface area contributed by atoms with Crippen LogP contribution in [0.3, 0.4) is 0 Å². The molecule has 1 amide bonds. The lowest BCUT2D eigenvalue weighted by molar-refractivity contribution is 0.0883. The van der Waals surface area contributed by atoms with E-state index >= 15 is 0 Å². The van der Waals surface area contributed by atoms with Crippen molar-refractivity contribution in [2.24, 2.45) is 0 Å². The molecule has 0 aromatic carbocycles. The van der Waals surface area contributed by atoms with E-state index in [2.05, 4.69) is 78.0 Å². The smallest absolute Gasteiger partial charge is 0.271 e. The fourth-order valence-electron chi connectivity index (χ4n) is 2.57. The molecular formula is C22H43N3O4SSi2. The van der Waals surface area contributed by atoms with E-state index in [0.717, 1.165) is 5.13 Å². The summed E-state index contributed by atoms with van der Waals surface area (Å²) in [5.74, 6) is -0.212. The van der Waals surface area contributed by atoms with Crippen LogP contribution in [-0.2, 0) is 8.85 Å². The lowest BCUT2D eigenvalue weighted by Crippen LogP contribution is -2.51. The predicted molar refractivity (Wildman–Crippen MR) is 138 cm³/mol. The molecule has 0 aliphatic carbocycles. The molecule has 1 aromatic heterocycles. The van der Waals surface area contributed by atoms with Crippen LogP contribution in [0.4, 0.5) is 5.13 Å². The van der Waals surface area contributed by atoms with E-state index in [0.29, 0.717) is 32.0 Å². The van der Waals surface area contributed by atoms with Crippen LogP contribution in [0.15, 0.2) is 5.38 Å². The highest BCUT2D eigenvalue weighted by Crippen LogP contribution is 2.38. The first-order valence-corrected chi connectivity index (χ1v) is 18.1. The summed E-state index contributed by atoms with van der Waals surface area (Å²) in [5.41, 5.74) is 0.399. The third kappa shape index (κ3) is 6.86. The van der Waals surface area contributed by atoms with Crippen molar-refractivity contribution in [3.8, 4) is 0 Å². The van der Waals surface area contributed by atoms with Gasteiger partial charge in [-0.05, 0) is 36.3 Å². The number of thiazole rings is 1. The first-order valence-electron chi connectivity index (χ1n) is 11.4. The number of anilines is 1. The van der Waals surface area contributed by atoms with E-state index in [1.54, 1.807) is 5.38 Å². The van der Waals surface area contributed by atoms with Crippen molar-refractivity contribution >= 4 is 39.0 Å². The van der Waals surface area contributed by atoms with E-state index in [9.17, 15) is 9.90 Å². The Labute approximate surface area is 200 Å². The van der Waals surface area contributed by atoms with Crippen LogP contribution in [0.25, 0.3) is 0 Å². The Hall–Kier alpha value is -0.786. The minimum absolute atomic E-state index is 0.0907. The van der Waals surface area contributed by atoms with Gasteiger partial charge in [0.2, 0.25) is 0 Å². The van der Waals surface area contributed by atoms with Gasteiger partial charge in [-0.15, -0.1) is 11.3 Å². The first kappa shape index (κ1) is 27.5. The predicted octanol–water partition coefficient (Wildman–Crippen LogP) is 4.47. The number of β-amino-alcohol motifs (C(OH)–C–C–N with tert-alkyl or cyclic N) is 1. The largest absolute Gasteiger partial charge is 0.415 e. The van der Waals surface area contributed by atoms with Crippen LogP contribution in [0.5, 0.6) is 0 Å². The van der Waals surface area contributed by atoms with E-state index in [1.807, 2.05) is 4.90 Å². The van der Waals surface area contributed by atoms with Crippen LogP contribution in [0.1, 0.15) is 52.0 Å². The number of hydrogen-bond acceptors (Lipinski definition) is 7. The molecule has 1 saturated heterocycles. The van der Waals surface area contributed by atoms with Crippen LogP contribution in [0.2, 0.25) is 36.3 Å². The number of amides is 1. The van der Waals surface area contributed by atoms with Crippen molar-refractivity contribution in [1.29, 1.82) is 0 Å². The van der Waals surface area contributed by atoms with Gasteiger partial charge in [0.1, 0.15) is 5.69 Å². The second-order valence-corrected chi connectivity index (χ2v) is 22.3. The van der Waals surface area contributed by atoms with Crippen molar-refractivity contribution in [3.05, 3.63) is 11.1 Å². The Morgan fingerprint density at radius 2 is 1.59 bits per heavy atom. The summed E-state index contributed by atoms with van der Waals surface area (Å²) < 4.78 is 12.9. The molecule has 2 heterocycles. The molecule has 0 bridgehead atoms. The number of aliphatic hydroxyl groups is 1. The summed E-state index contributed by atoms with van der Waals surface area (Å²) in [6.07, 6.45) is -0.305. The van der Waals surface area contributed by atoms with Crippen LogP contribution >= 0.6 is 11.3 Å². The van der Waals surface area contributed by atoms with Crippen LogP contribution in [0, 0.1) is 0 Å². The molecule has 2 N–H and O–H groups in total. The molecule has 7 nitrogen and oxygen atoms in total. The summed E-state index contributed by atoms with van der Waals surface area (Å²) >= 11 is 1.43. The Morgan fingerprint density at radius 1 is 1.12 bits per heavy atom.